The van der Waals surface area contributed by atoms with Gasteiger partial charge in [0.05, 0.1) is 5.41 Å². The van der Waals surface area contributed by atoms with Gasteiger partial charge in [0, 0.05) is 6.54 Å². The molecule has 17 heavy (non-hydrogen) atoms. The molecule has 1 heterocycles. The van der Waals surface area contributed by atoms with Crippen LogP contribution in [-0.2, 0) is 9.59 Å². The van der Waals surface area contributed by atoms with Crippen molar-refractivity contribution in [2.24, 2.45) is 5.41 Å². The van der Waals surface area contributed by atoms with Gasteiger partial charge in [-0.1, -0.05) is 6.92 Å². The van der Waals surface area contributed by atoms with Crippen molar-refractivity contribution in [3.63, 3.8) is 0 Å². The summed E-state index contributed by atoms with van der Waals surface area (Å²) in [5.74, 6) is -1.16. The smallest absolute Gasteiger partial charge is 0.329 e. The van der Waals surface area contributed by atoms with Gasteiger partial charge in [-0.05, 0) is 39.7 Å². The lowest BCUT2D eigenvalue weighted by molar-refractivity contribution is -0.149. The Balaban J connectivity index is 2.73. The predicted octanol–water partition coefficient (Wildman–Crippen LogP) is 0.746. The topological polar surface area (TPSA) is 78.4 Å². The maximum Gasteiger partial charge on any atom is 0.329 e. The van der Waals surface area contributed by atoms with Crippen molar-refractivity contribution in [3.8, 4) is 0 Å². The van der Waals surface area contributed by atoms with Crippen LogP contribution in [0.4, 0.5) is 0 Å². The minimum Gasteiger partial charge on any atom is -0.480 e. The number of carbonyl (C=O) groups is 2. The van der Waals surface area contributed by atoms with E-state index < -0.39 is 16.9 Å². The third-order valence-electron chi connectivity index (χ3n) is 3.71. The first-order valence-electron chi connectivity index (χ1n) is 6.11. The number of carboxylic acid groups (broad SMARTS) is 1. The maximum atomic E-state index is 12.2. The van der Waals surface area contributed by atoms with E-state index in [1.807, 2.05) is 6.92 Å². The van der Waals surface area contributed by atoms with Crippen molar-refractivity contribution in [3.05, 3.63) is 0 Å². The molecule has 0 aromatic rings. The fourth-order valence-corrected chi connectivity index (χ4v) is 1.94. The van der Waals surface area contributed by atoms with Crippen LogP contribution in [0, 0.1) is 5.41 Å². The summed E-state index contributed by atoms with van der Waals surface area (Å²) < 4.78 is 0. The molecule has 0 aromatic heterocycles. The Morgan fingerprint density at radius 2 is 2.18 bits per heavy atom. The van der Waals surface area contributed by atoms with E-state index >= 15 is 0 Å². The molecule has 0 spiro atoms. The molecule has 1 saturated heterocycles. The zero-order valence-corrected chi connectivity index (χ0v) is 10.8. The largest absolute Gasteiger partial charge is 0.480 e. The fraction of sp³-hybridized carbons (Fsp3) is 0.833. The van der Waals surface area contributed by atoms with E-state index in [2.05, 4.69) is 10.6 Å². The van der Waals surface area contributed by atoms with E-state index in [-0.39, 0.29) is 5.91 Å². The molecular weight excluding hydrogens is 220 g/mol. The summed E-state index contributed by atoms with van der Waals surface area (Å²) in [6.45, 7) is 6.72. The van der Waals surface area contributed by atoms with Gasteiger partial charge >= 0.3 is 5.97 Å². The summed E-state index contributed by atoms with van der Waals surface area (Å²) in [6, 6.07) is 0. The van der Waals surface area contributed by atoms with Crippen LogP contribution < -0.4 is 10.6 Å². The first-order valence-corrected chi connectivity index (χ1v) is 6.11. The highest BCUT2D eigenvalue weighted by Crippen LogP contribution is 2.26. The first-order chi connectivity index (χ1) is 7.84. The molecule has 1 fully saturated rings. The van der Waals surface area contributed by atoms with Crippen molar-refractivity contribution in [2.45, 2.75) is 45.6 Å². The molecule has 0 aliphatic carbocycles. The summed E-state index contributed by atoms with van der Waals surface area (Å²) in [5, 5.41) is 15.0. The SMILES string of the molecule is CCC(C)(NC(=O)C1(C)CCCNC1)C(=O)O. The molecule has 1 amide bonds. The van der Waals surface area contributed by atoms with Crippen LogP contribution in [0.5, 0.6) is 0 Å². The molecule has 0 saturated carbocycles. The lowest BCUT2D eigenvalue weighted by Gasteiger charge is -2.36. The average molecular weight is 242 g/mol. The number of nitrogens with one attached hydrogen (secondary N) is 2. The van der Waals surface area contributed by atoms with E-state index in [0.717, 1.165) is 19.4 Å². The molecule has 2 unspecified atom stereocenters. The van der Waals surface area contributed by atoms with Crippen LogP contribution in [0.25, 0.3) is 0 Å². The van der Waals surface area contributed by atoms with Gasteiger partial charge in [-0.15, -0.1) is 0 Å². The average Bonchev–Trinajstić information content (AvgIpc) is 2.29. The number of rotatable bonds is 4. The van der Waals surface area contributed by atoms with Crippen molar-refractivity contribution in [2.75, 3.05) is 13.1 Å². The van der Waals surface area contributed by atoms with Gasteiger partial charge in [-0.3, -0.25) is 4.79 Å². The third kappa shape index (κ3) is 2.97. The molecule has 5 nitrogen and oxygen atoms in total. The Morgan fingerprint density at radius 1 is 1.53 bits per heavy atom. The van der Waals surface area contributed by atoms with Crippen molar-refractivity contribution in [1.82, 2.24) is 10.6 Å². The molecule has 3 N–H and O–H groups in total. The Bertz CT molecular complexity index is 311. The minimum atomic E-state index is -1.17. The highest BCUT2D eigenvalue weighted by molar-refractivity contribution is 5.89. The second-order valence-corrected chi connectivity index (χ2v) is 5.29. The molecule has 0 bridgehead atoms. The van der Waals surface area contributed by atoms with Crippen LogP contribution in [-0.4, -0.2) is 35.6 Å². The number of carboxylic acids is 1. The monoisotopic (exact) mass is 242 g/mol. The summed E-state index contributed by atoms with van der Waals surface area (Å²) in [5.41, 5.74) is -1.67. The van der Waals surface area contributed by atoms with Gasteiger partial charge in [0.15, 0.2) is 0 Å². The Labute approximate surface area is 102 Å². The molecule has 5 heteroatoms. The molecule has 0 aromatic carbocycles. The lowest BCUT2D eigenvalue weighted by atomic mass is 9.81. The van der Waals surface area contributed by atoms with Crippen molar-refractivity contribution >= 4 is 11.9 Å². The molecule has 1 aliphatic rings. The Morgan fingerprint density at radius 3 is 2.59 bits per heavy atom. The van der Waals surface area contributed by atoms with Crippen LogP contribution in [0.1, 0.15) is 40.0 Å². The number of amides is 1. The maximum absolute atomic E-state index is 12.2. The molecule has 1 aliphatic heterocycles. The van der Waals surface area contributed by atoms with Crippen LogP contribution >= 0.6 is 0 Å². The van der Waals surface area contributed by atoms with E-state index in [9.17, 15) is 9.59 Å². The van der Waals surface area contributed by atoms with Crippen LogP contribution in [0.15, 0.2) is 0 Å². The standard InChI is InChI=1S/C12H22N2O3/c1-4-12(3,10(16)17)14-9(15)11(2)6-5-7-13-8-11/h13H,4-8H2,1-3H3,(H,14,15)(H,16,17). The summed E-state index contributed by atoms with van der Waals surface area (Å²) >= 11 is 0. The number of hydrogen-bond acceptors (Lipinski definition) is 3. The molecule has 2 atom stereocenters. The van der Waals surface area contributed by atoms with Gasteiger partial charge in [0.2, 0.25) is 5.91 Å². The summed E-state index contributed by atoms with van der Waals surface area (Å²) in [6.07, 6.45) is 2.11. The van der Waals surface area contributed by atoms with E-state index in [4.69, 9.17) is 5.11 Å². The van der Waals surface area contributed by atoms with Gasteiger partial charge in [0.1, 0.15) is 5.54 Å². The number of hydrogen-bond donors (Lipinski definition) is 3. The minimum absolute atomic E-state index is 0.170. The van der Waals surface area contributed by atoms with E-state index in [1.165, 1.54) is 0 Å². The van der Waals surface area contributed by atoms with Gasteiger partial charge in [-0.25, -0.2) is 4.79 Å². The lowest BCUT2D eigenvalue weighted by Crippen LogP contribution is -2.58. The second kappa shape index (κ2) is 5.04. The number of aliphatic carboxylic acids is 1. The molecular formula is C12H22N2O3. The number of carbonyl (C=O) groups excluding carboxylic acids is 1. The zero-order valence-electron chi connectivity index (χ0n) is 10.8. The van der Waals surface area contributed by atoms with Gasteiger partial charge < -0.3 is 15.7 Å². The molecule has 1 rings (SSSR count). The predicted molar refractivity (Wildman–Crippen MR) is 64.7 cm³/mol. The fourth-order valence-electron chi connectivity index (χ4n) is 1.94. The highest BCUT2D eigenvalue weighted by Gasteiger charge is 2.40. The Hall–Kier alpha value is -1.10. The Kier molecular flexibility index (Phi) is 4.14. The quantitative estimate of drug-likeness (QED) is 0.679. The summed E-state index contributed by atoms with van der Waals surface area (Å²) in [4.78, 5) is 23.3. The van der Waals surface area contributed by atoms with Crippen molar-refractivity contribution in [1.29, 1.82) is 0 Å². The van der Waals surface area contributed by atoms with Gasteiger partial charge in [0.25, 0.3) is 0 Å². The van der Waals surface area contributed by atoms with Crippen molar-refractivity contribution < 1.29 is 14.7 Å². The highest BCUT2D eigenvalue weighted by atomic mass is 16.4. The zero-order chi connectivity index (χ0) is 13.1. The van der Waals surface area contributed by atoms with Gasteiger partial charge in [-0.2, -0.15) is 0 Å². The van der Waals surface area contributed by atoms with Crippen LogP contribution in [0.3, 0.4) is 0 Å². The van der Waals surface area contributed by atoms with E-state index in [1.54, 1.807) is 13.8 Å². The van der Waals surface area contributed by atoms with E-state index in [0.29, 0.717) is 13.0 Å². The third-order valence-corrected chi connectivity index (χ3v) is 3.71. The molecule has 98 valence electrons. The number of piperidine rings is 1. The summed E-state index contributed by atoms with van der Waals surface area (Å²) in [7, 11) is 0. The second-order valence-electron chi connectivity index (χ2n) is 5.29. The van der Waals surface area contributed by atoms with Crippen LogP contribution in [0.2, 0.25) is 0 Å². The first kappa shape index (κ1) is 14.0. The molecule has 0 radical (unpaired) electrons. The normalized spacial score (nSPS) is 28.2.